The Balaban J connectivity index is 2.55. The molecule has 0 unspecified atom stereocenters. The molecule has 0 radical (unpaired) electrons. The molecule has 0 aromatic heterocycles. The van der Waals surface area contributed by atoms with Gasteiger partial charge >= 0.3 is 0 Å². The molecule has 19 heavy (non-hydrogen) atoms. The molecular weight excluding hydrogens is 252 g/mol. The summed E-state index contributed by atoms with van der Waals surface area (Å²) in [6, 6.07) is 7.37. The van der Waals surface area contributed by atoms with Crippen LogP contribution in [-0.4, -0.2) is 12.2 Å². The molecule has 0 fully saturated rings. The lowest BCUT2D eigenvalue weighted by Gasteiger charge is -2.05. The van der Waals surface area contributed by atoms with E-state index in [4.69, 9.17) is 5.73 Å². The molecule has 0 atom stereocenters. The maximum Gasteiger partial charge on any atom is 0.248 e. The minimum absolute atomic E-state index is 0.00475. The van der Waals surface area contributed by atoms with E-state index in [-0.39, 0.29) is 11.1 Å². The van der Waals surface area contributed by atoms with Crippen molar-refractivity contribution in [1.29, 1.82) is 0 Å². The number of hydrogen-bond acceptors (Lipinski definition) is 2. The molecule has 0 aliphatic carbocycles. The van der Waals surface area contributed by atoms with Crippen molar-refractivity contribution in [3.8, 4) is 11.1 Å². The van der Waals surface area contributed by atoms with Crippen molar-refractivity contribution in [2.75, 3.05) is 0 Å². The van der Waals surface area contributed by atoms with Crippen molar-refractivity contribution in [3.63, 3.8) is 0 Å². The Morgan fingerprint density at radius 2 is 1.79 bits per heavy atom. The van der Waals surface area contributed by atoms with Gasteiger partial charge in [-0.05, 0) is 41.5 Å². The molecule has 2 aromatic carbocycles. The van der Waals surface area contributed by atoms with Crippen LogP contribution >= 0.6 is 0 Å². The van der Waals surface area contributed by atoms with Crippen molar-refractivity contribution in [1.82, 2.24) is 0 Å². The van der Waals surface area contributed by atoms with Gasteiger partial charge in [-0.15, -0.1) is 0 Å². The van der Waals surface area contributed by atoms with Gasteiger partial charge in [0.1, 0.15) is 11.6 Å². The number of aldehydes is 1. The van der Waals surface area contributed by atoms with Crippen molar-refractivity contribution in [2.45, 2.75) is 0 Å². The van der Waals surface area contributed by atoms with Crippen LogP contribution in [0.1, 0.15) is 20.7 Å². The Hall–Kier alpha value is -2.56. The SMILES string of the molecule is NC(=O)c1cc(F)cc(-c2ccc(C=O)c(F)c2)c1. The summed E-state index contributed by atoms with van der Waals surface area (Å²) in [6.07, 6.45) is 0.388. The molecule has 0 heterocycles. The fourth-order valence-corrected chi connectivity index (χ4v) is 1.70. The Kier molecular flexibility index (Phi) is 3.37. The van der Waals surface area contributed by atoms with Gasteiger partial charge in [-0.25, -0.2) is 8.78 Å². The summed E-state index contributed by atoms with van der Waals surface area (Å²) in [7, 11) is 0. The number of amides is 1. The second-order valence-electron chi connectivity index (χ2n) is 3.95. The Morgan fingerprint density at radius 3 is 2.37 bits per heavy atom. The van der Waals surface area contributed by atoms with E-state index in [9.17, 15) is 18.4 Å². The van der Waals surface area contributed by atoms with Crippen LogP contribution in [0, 0.1) is 11.6 Å². The molecule has 0 aliphatic rings. The van der Waals surface area contributed by atoms with E-state index in [1.165, 1.54) is 18.2 Å². The van der Waals surface area contributed by atoms with Crippen LogP contribution in [-0.2, 0) is 0 Å². The lowest BCUT2D eigenvalue weighted by atomic mass is 10.0. The maximum atomic E-state index is 13.5. The van der Waals surface area contributed by atoms with Crippen molar-refractivity contribution >= 4 is 12.2 Å². The number of carbonyl (C=O) groups excluding carboxylic acids is 2. The third kappa shape index (κ3) is 2.65. The van der Waals surface area contributed by atoms with E-state index in [2.05, 4.69) is 0 Å². The molecule has 2 aromatic rings. The van der Waals surface area contributed by atoms with Gasteiger partial charge in [0, 0.05) is 5.56 Å². The summed E-state index contributed by atoms with van der Waals surface area (Å²) in [5.74, 6) is -2.13. The number of benzene rings is 2. The second-order valence-corrected chi connectivity index (χ2v) is 3.95. The second kappa shape index (κ2) is 4.97. The first kappa shape index (κ1) is 12.9. The normalized spacial score (nSPS) is 10.2. The first-order valence-electron chi connectivity index (χ1n) is 5.37. The Morgan fingerprint density at radius 1 is 1.05 bits per heavy atom. The van der Waals surface area contributed by atoms with E-state index in [0.29, 0.717) is 17.4 Å². The third-order valence-corrected chi connectivity index (χ3v) is 2.64. The van der Waals surface area contributed by atoms with Crippen molar-refractivity contribution in [2.24, 2.45) is 5.73 Å². The highest BCUT2D eigenvalue weighted by Gasteiger charge is 2.09. The van der Waals surface area contributed by atoms with Crippen LogP contribution in [0.2, 0.25) is 0 Å². The van der Waals surface area contributed by atoms with E-state index in [1.807, 2.05) is 0 Å². The topological polar surface area (TPSA) is 60.2 Å². The van der Waals surface area contributed by atoms with Crippen LogP contribution < -0.4 is 5.73 Å². The van der Waals surface area contributed by atoms with E-state index < -0.39 is 17.5 Å². The number of hydrogen-bond donors (Lipinski definition) is 1. The average molecular weight is 261 g/mol. The molecule has 5 heteroatoms. The van der Waals surface area contributed by atoms with Gasteiger partial charge in [0.2, 0.25) is 5.91 Å². The average Bonchev–Trinajstić information content (AvgIpc) is 2.37. The molecule has 0 bridgehead atoms. The zero-order valence-corrected chi connectivity index (χ0v) is 9.69. The number of rotatable bonds is 3. The Labute approximate surface area is 107 Å². The zero-order valence-electron chi connectivity index (χ0n) is 9.69. The van der Waals surface area contributed by atoms with E-state index in [1.54, 1.807) is 0 Å². The minimum atomic E-state index is -0.772. The standard InChI is InChI=1S/C14H9F2NO2/c15-12-4-10(3-11(5-12)14(17)19)8-1-2-9(7-18)13(16)6-8/h1-7H,(H2,17,19). The van der Waals surface area contributed by atoms with Gasteiger partial charge in [-0.3, -0.25) is 9.59 Å². The number of halogens is 2. The van der Waals surface area contributed by atoms with Gasteiger partial charge < -0.3 is 5.73 Å². The molecule has 0 spiro atoms. The monoisotopic (exact) mass is 261 g/mol. The van der Waals surface area contributed by atoms with Gasteiger partial charge in [0.05, 0.1) is 5.56 Å². The quantitative estimate of drug-likeness (QED) is 0.863. The minimum Gasteiger partial charge on any atom is -0.366 e. The third-order valence-electron chi connectivity index (χ3n) is 2.64. The first-order valence-corrected chi connectivity index (χ1v) is 5.37. The molecular formula is C14H9F2NO2. The number of nitrogens with two attached hydrogens (primary N) is 1. The van der Waals surface area contributed by atoms with Crippen LogP contribution in [0.15, 0.2) is 36.4 Å². The lowest BCUT2D eigenvalue weighted by molar-refractivity contribution is 0.0999. The fraction of sp³-hybridized carbons (Fsp3) is 0. The number of carbonyl (C=O) groups is 2. The summed E-state index contributed by atoms with van der Waals surface area (Å²) in [5.41, 5.74) is 5.65. The molecule has 0 aliphatic heterocycles. The smallest absolute Gasteiger partial charge is 0.248 e. The molecule has 3 nitrogen and oxygen atoms in total. The zero-order chi connectivity index (χ0) is 14.0. The summed E-state index contributed by atoms with van der Waals surface area (Å²) in [4.78, 5) is 21.6. The van der Waals surface area contributed by atoms with Crippen LogP contribution in [0.4, 0.5) is 8.78 Å². The molecule has 96 valence electrons. The molecule has 0 saturated carbocycles. The van der Waals surface area contributed by atoms with Crippen LogP contribution in [0.5, 0.6) is 0 Å². The van der Waals surface area contributed by atoms with Crippen molar-refractivity contribution < 1.29 is 18.4 Å². The van der Waals surface area contributed by atoms with Gasteiger partial charge in [-0.1, -0.05) is 6.07 Å². The predicted molar refractivity (Wildman–Crippen MR) is 65.7 cm³/mol. The highest BCUT2D eigenvalue weighted by atomic mass is 19.1. The predicted octanol–water partition coefficient (Wildman–Crippen LogP) is 2.54. The molecule has 1 amide bonds. The van der Waals surface area contributed by atoms with Gasteiger partial charge in [-0.2, -0.15) is 0 Å². The van der Waals surface area contributed by atoms with Crippen molar-refractivity contribution in [3.05, 3.63) is 59.2 Å². The highest BCUT2D eigenvalue weighted by molar-refractivity contribution is 5.94. The van der Waals surface area contributed by atoms with Gasteiger partial charge in [0.15, 0.2) is 6.29 Å². The molecule has 2 N–H and O–H groups in total. The largest absolute Gasteiger partial charge is 0.366 e. The summed E-state index contributed by atoms with van der Waals surface area (Å²) >= 11 is 0. The van der Waals surface area contributed by atoms with Crippen LogP contribution in [0.25, 0.3) is 11.1 Å². The Bertz CT molecular complexity index is 668. The first-order chi connectivity index (χ1) is 9.01. The maximum absolute atomic E-state index is 13.5. The molecule has 2 rings (SSSR count). The highest BCUT2D eigenvalue weighted by Crippen LogP contribution is 2.23. The fourth-order valence-electron chi connectivity index (χ4n) is 1.70. The lowest BCUT2D eigenvalue weighted by Crippen LogP contribution is -2.11. The van der Waals surface area contributed by atoms with E-state index >= 15 is 0 Å². The summed E-state index contributed by atoms with van der Waals surface area (Å²) in [5, 5.41) is 0. The van der Waals surface area contributed by atoms with Crippen LogP contribution in [0.3, 0.4) is 0 Å². The molecule has 0 saturated heterocycles. The number of primary amides is 1. The summed E-state index contributed by atoms with van der Waals surface area (Å²) < 4.78 is 26.8. The van der Waals surface area contributed by atoms with E-state index in [0.717, 1.165) is 18.2 Å². The summed E-state index contributed by atoms with van der Waals surface area (Å²) in [6.45, 7) is 0. The van der Waals surface area contributed by atoms with Gasteiger partial charge in [0.25, 0.3) is 0 Å².